The Bertz CT molecular complexity index is 1000. The fourth-order valence-corrected chi connectivity index (χ4v) is 2.56. The number of carbonyl (C=O) groups is 2. The third kappa shape index (κ3) is 3.67. The summed E-state index contributed by atoms with van der Waals surface area (Å²) in [5.41, 5.74) is 0.537. The number of fused-ring (bicyclic) bond motifs is 1. The van der Waals surface area contributed by atoms with E-state index in [1.165, 1.54) is 24.3 Å². The SMILES string of the molecule is O=Cc1c(OCC(=O)Nc2cccc([N+](=O)[O-])c2)ccc2ccccc12. The van der Waals surface area contributed by atoms with E-state index >= 15 is 0 Å². The van der Waals surface area contributed by atoms with Gasteiger partial charge in [-0.25, -0.2) is 0 Å². The first-order valence-electron chi connectivity index (χ1n) is 7.72. The standard InChI is InChI=1S/C19H14N2O5/c22-11-17-16-7-2-1-4-13(16)8-9-18(17)26-12-19(23)20-14-5-3-6-15(10-14)21(24)25/h1-11H,12H2,(H,20,23). The van der Waals surface area contributed by atoms with Crippen LogP contribution < -0.4 is 10.1 Å². The van der Waals surface area contributed by atoms with Crippen LogP contribution in [0.1, 0.15) is 10.4 Å². The molecule has 0 radical (unpaired) electrons. The van der Waals surface area contributed by atoms with Gasteiger partial charge in [-0.05, 0) is 22.9 Å². The van der Waals surface area contributed by atoms with Crippen LogP contribution in [-0.2, 0) is 4.79 Å². The Kier molecular flexibility index (Phi) is 4.89. The summed E-state index contributed by atoms with van der Waals surface area (Å²) in [5.74, 6) is -0.191. The van der Waals surface area contributed by atoms with Gasteiger partial charge in [0.05, 0.1) is 10.5 Å². The van der Waals surface area contributed by atoms with Gasteiger partial charge in [-0.3, -0.25) is 19.7 Å². The van der Waals surface area contributed by atoms with Gasteiger partial charge in [-0.15, -0.1) is 0 Å². The number of nitrogens with one attached hydrogen (secondary N) is 1. The predicted octanol–water partition coefficient (Wildman–Crippen LogP) is 3.58. The summed E-state index contributed by atoms with van der Waals surface area (Å²) in [6, 6.07) is 16.4. The zero-order valence-electron chi connectivity index (χ0n) is 13.5. The van der Waals surface area contributed by atoms with Crippen LogP contribution in [0, 0.1) is 10.1 Å². The third-order valence-electron chi connectivity index (χ3n) is 3.75. The highest BCUT2D eigenvalue weighted by molar-refractivity contribution is 6.01. The average molecular weight is 350 g/mol. The molecule has 0 aliphatic rings. The molecular weight excluding hydrogens is 336 g/mol. The molecule has 0 atom stereocenters. The van der Waals surface area contributed by atoms with Gasteiger partial charge >= 0.3 is 0 Å². The van der Waals surface area contributed by atoms with E-state index in [0.717, 1.165) is 10.8 Å². The lowest BCUT2D eigenvalue weighted by molar-refractivity contribution is -0.384. The zero-order valence-corrected chi connectivity index (χ0v) is 13.5. The minimum absolute atomic E-state index is 0.124. The number of aldehydes is 1. The molecule has 0 aromatic heterocycles. The summed E-state index contributed by atoms with van der Waals surface area (Å²) in [6.07, 6.45) is 0.691. The second-order valence-electron chi connectivity index (χ2n) is 5.46. The van der Waals surface area contributed by atoms with Gasteiger partial charge < -0.3 is 10.1 Å². The smallest absolute Gasteiger partial charge is 0.271 e. The van der Waals surface area contributed by atoms with Crippen LogP contribution in [0.25, 0.3) is 10.8 Å². The summed E-state index contributed by atoms with van der Waals surface area (Å²) < 4.78 is 5.47. The van der Waals surface area contributed by atoms with E-state index in [1.54, 1.807) is 18.2 Å². The van der Waals surface area contributed by atoms with Gasteiger partial charge in [0.25, 0.3) is 11.6 Å². The molecule has 0 aliphatic carbocycles. The van der Waals surface area contributed by atoms with Crippen molar-refractivity contribution in [1.29, 1.82) is 0 Å². The van der Waals surface area contributed by atoms with Crippen molar-refractivity contribution in [2.45, 2.75) is 0 Å². The number of nitro benzene ring substituents is 1. The third-order valence-corrected chi connectivity index (χ3v) is 3.75. The lowest BCUT2D eigenvalue weighted by Crippen LogP contribution is -2.20. The normalized spacial score (nSPS) is 10.3. The largest absolute Gasteiger partial charge is 0.483 e. The van der Waals surface area contributed by atoms with E-state index < -0.39 is 10.8 Å². The molecule has 0 bridgehead atoms. The molecule has 7 heteroatoms. The monoisotopic (exact) mass is 350 g/mol. The van der Waals surface area contributed by atoms with E-state index in [4.69, 9.17) is 4.74 Å². The molecule has 7 nitrogen and oxygen atoms in total. The van der Waals surface area contributed by atoms with E-state index in [1.807, 2.05) is 18.2 Å². The van der Waals surface area contributed by atoms with Crippen molar-refractivity contribution in [3.63, 3.8) is 0 Å². The molecule has 0 aliphatic heterocycles. The zero-order chi connectivity index (χ0) is 18.5. The molecule has 0 spiro atoms. The van der Waals surface area contributed by atoms with Crippen LogP contribution in [0.4, 0.5) is 11.4 Å². The topological polar surface area (TPSA) is 98.5 Å². The molecule has 1 N–H and O–H groups in total. The van der Waals surface area contributed by atoms with E-state index in [-0.39, 0.29) is 12.3 Å². The first-order valence-corrected chi connectivity index (χ1v) is 7.72. The Morgan fingerprint density at radius 2 is 1.92 bits per heavy atom. The van der Waals surface area contributed by atoms with Crippen LogP contribution in [0.15, 0.2) is 60.7 Å². The van der Waals surface area contributed by atoms with Gasteiger partial charge in [0.1, 0.15) is 5.75 Å². The number of nitrogens with zero attached hydrogens (tertiary/aromatic N) is 1. The van der Waals surface area contributed by atoms with Crippen LogP contribution in [-0.4, -0.2) is 23.7 Å². The number of nitro groups is 1. The number of anilines is 1. The van der Waals surface area contributed by atoms with Gasteiger partial charge in [-0.1, -0.05) is 36.4 Å². The minimum atomic E-state index is -0.544. The second-order valence-corrected chi connectivity index (χ2v) is 5.46. The second kappa shape index (κ2) is 7.43. The molecule has 3 rings (SSSR count). The molecule has 0 saturated carbocycles. The van der Waals surface area contributed by atoms with Crippen LogP contribution in [0.5, 0.6) is 5.75 Å². The maximum Gasteiger partial charge on any atom is 0.271 e. The van der Waals surface area contributed by atoms with Crippen molar-refractivity contribution in [3.8, 4) is 5.75 Å². The molecule has 0 heterocycles. The fourth-order valence-electron chi connectivity index (χ4n) is 2.56. The van der Waals surface area contributed by atoms with E-state index in [0.29, 0.717) is 23.3 Å². The van der Waals surface area contributed by atoms with Gasteiger partial charge in [0, 0.05) is 17.8 Å². The summed E-state index contributed by atoms with van der Waals surface area (Å²) >= 11 is 0. The highest BCUT2D eigenvalue weighted by Crippen LogP contribution is 2.26. The number of hydrogen-bond donors (Lipinski definition) is 1. The highest BCUT2D eigenvalue weighted by Gasteiger charge is 2.11. The summed E-state index contributed by atoms with van der Waals surface area (Å²) in [5, 5.41) is 14.9. The Hall–Kier alpha value is -3.74. The molecule has 26 heavy (non-hydrogen) atoms. The van der Waals surface area contributed by atoms with Crippen molar-refractivity contribution >= 4 is 34.3 Å². The molecule has 0 unspecified atom stereocenters. The van der Waals surface area contributed by atoms with E-state index in [9.17, 15) is 19.7 Å². The predicted molar refractivity (Wildman–Crippen MR) is 96.6 cm³/mol. The average Bonchev–Trinajstić information content (AvgIpc) is 2.66. The maximum absolute atomic E-state index is 12.0. The lowest BCUT2D eigenvalue weighted by Gasteiger charge is -2.11. The number of rotatable bonds is 6. The molecule has 0 fully saturated rings. The van der Waals surface area contributed by atoms with Crippen LogP contribution in [0.2, 0.25) is 0 Å². The first kappa shape index (κ1) is 17.1. The fraction of sp³-hybridized carbons (Fsp3) is 0.0526. The molecule has 3 aromatic carbocycles. The van der Waals surface area contributed by atoms with Gasteiger partial charge in [-0.2, -0.15) is 0 Å². The minimum Gasteiger partial charge on any atom is -0.483 e. The van der Waals surface area contributed by atoms with Crippen LogP contribution in [0.3, 0.4) is 0 Å². The number of non-ortho nitro benzene ring substituents is 1. The molecule has 130 valence electrons. The Morgan fingerprint density at radius 1 is 1.12 bits per heavy atom. The number of benzene rings is 3. The summed E-state index contributed by atoms with van der Waals surface area (Å²) in [4.78, 5) is 33.7. The van der Waals surface area contributed by atoms with Gasteiger partial charge in [0.2, 0.25) is 0 Å². The quantitative estimate of drug-likeness (QED) is 0.416. The van der Waals surface area contributed by atoms with Crippen molar-refractivity contribution in [1.82, 2.24) is 0 Å². The highest BCUT2D eigenvalue weighted by atomic mass is 16.6. The van der Waals surface area contributed by atoms with Crippen molar-refractivity contribution in [2.24, 2.45) is 0 Å². The Labute approximate surface area is 148 Å². The molecular formula is C19H14N2O5. The maximum atomic E-state index is 12.0. The van der Waals surface area contributed by atoms with Crippen molar-refractivity contribution < 1.29 is 19.2 Å². The number of amides is 1. The number of ether oxygens (including phenoxy) is 1. The van der Waals surface area contributed by atoms with Crippen LogP contribution >= 0.6 is 0 Å². The molecule has 0 saturated heterocycles. The Balaban J connectivity index is 1.72. The summed E-state index contributed by atoms with van der Waals surface area (Å²) in [7, 11) is 0. The van der Waals surface area contributed by atoms with Crippen molar-refractivity contribution in [3.05, 3.63) is 76.3 Å². The number of hydrogen-bond acceptors (Lipinski definition) is 5. The lowest BCUT2D eigenvalue weighted by atomic mass is 10.0. The van der Waals surface area contributed by atoms with E-state index in [2.05, 4.69) is 5.32 Å². The van der Waals surface area contributed by atoms with Gasteiger partial charge in [0.15, 0.2) is 12.9 Å². The molecule has 3 aromatic rings. The summed E-state index contributed by atoms with van der Waals surface area (Å²) in [6.45, 7) is -0.331. The number of carbonyl (C=O) groups excluding carboxylic acids is 2. The molecule has 1 amide bonds. The Morgan fingerprint density at radius 3 is 2.69 bits per heavy atom. The first-order chi connectivity index (χ1) is 12.6. The van der Waals surface area contributed by atoms with Crippen molar-refractivity contribution in [2.75, 3.05) is 11.9 Å².